The summed E-state index contributed by atoms with van der Waals surface area (Å²) in [6.45, 7) is 1.41. The molecule has 2 aromatic carbocycles. The summed E-state index contributed by atoms with van der Waals surface area (Å²) in [4.78, 5) is 0. The van der Waals surface area contributed by atoms with Crippen LogP contribution in [0, 0.1) is 0 Å². The summed E-state index contributed by atoms with van der Waals surface area (Å²) in [7, 11) is 3.33. The zero-order chi connectivity index (χ0) is 17.2. The minimum absolute atomic E-state index is 0.0685. The smallest absolute Gasteiger partial charge is 0.119 e. The molecule has 2 heterocycles. The highest BCUT2D eigenvalue weighted by atomic mass is 16.6. The zero-order valence-electron chi connectivity index (χ0n) is 14.4. The molecule has 2 fully saturated rings. The minimum atomic E-state index is -0.157. The summed E-state index contributed by atoms with van der Waals surface area (Å²) in [5.41, 5.74) is 2.10. The molecule has 0 aromatic heterocycles. The van der Waals surface area contributed by atoms with E-state index in [1.165, 1.54) is 0 Å². The molecule has 2 saturated heterocycles. The van der Waals surface area contributed by atoms with Crippen molar-refractivity contribution in [1.29, 1.82) is 0 Å². The van der Waals surface area contributed by atoms with E-state index in [-0.39, 0.29) is 24.4 Å². The summed E-state index contributed by atoms with van der Waals surface area (Å²) in [5, 5.41) is 0. The molecule has 2 aliphatic rings. The normalized spacial score (nSPS) is 23.6. The second kappa shape index (κ2) is 7.04. The maximum absolute atomic E-state index is 6.51. The number of epoxide rings is 2. The molecule has 4 atom stereocenters. The van der Waals surface area contributed by atoms with Gasteiger partial charge in [-0.3, -0.25) is 0 Å². The fourth-order valence-corrected chi connectivity index (χ4v) is 3.02. The molecule has 0 amide bonds. The Labute approximate surface area is 147 Å². The molecular weight excluding hydrogens is 320 g/mol. The van der Waals surface area contributed by atoms with E-state index < -0.39 is 0 Å². The van der Waals surface area contributed by atoms with E-state index >= 15 is 0 Å². The van der Waals surface area contributed by atoms with Crippen LogP contribution >= 0.6 is 0 Å². The van der Waals surface area contributed by atoms with Gasteiger partial charge in [0.25, 0.3) is 0 Å². The highest BCUT2D eigenvalue weighted by Gasteiger charge is 2.42. The third-order valence-corrected chi connectivity index (χ3v) is 4.53. The van der Waals surface area contributed by atoms with E-state index in [4.69, 9.17) is 23.7 Å². The topological polar surface area (TPSA) is 52.8 Å². The van der Waals surface area contributed by atoms with Crippen LogP contribution in [0.1, 0.15) is 23.3 Å². The second-order valence-corrected chi connectivity index (χ2v) is 6.27. The Balaban J connectivity index is 1.60. The monoisotopic (exact) mass is 342 g/mol. The first-order valence-electron chi connectivity index (χ1n) is 8.45. The van der Waals surface area contributed by atoms with Gasteiger partial charge in [0.2, 0.25) is 0 Å². The SMILES string of the molecule is COc1cccc(C(OC(c2cccc(OC)c2)C2CO2)C2CO2)c1. The first kappa shape index (κ1) is 16.4. The zero-order valence-corrected chi connectivity index (χ0v) is 14.4. The summed E-state index contributed by atoms with van der Waals surface area (Å²) in [5.74, 6) is 1.62. The van der Waals surface area contributed by atoms with Gasteiger partial charge in [0, 0.05) is 0 Å². The van der Waals surface area contributed by atoms with E-state index in [0.29, 0.717) is 13.2 Å². The number of hydrogen-bond donors (Lipinski definition) is 0. The van der Waals surface area contributed by atoms with Gasteiger partial charge in [0.1, 0.15) is 35.9 Å². The van der Waals surface area contributed by atoms with Crippen molar-refractivity contribution in [3.63, 3.8) is 0 Å². The molecule has 0 bridgehead atoms. The van der Waals surface area contributed by atoms with Gasteiger partial charge >= 0.3 is 0 Å². The number of hydrogen-bond acceptors (Lipinski definition) is 5. The van der Waals surface area contributed by atoms with Gasteiger partial charge in [-0.25, -0.2) is 0 Å². The summed E-state index contributed by atoms with van der Waals surface area (Å²) < 4.78 is 28.3. The largest absolute Gasteiger partial charge is 0.497 e. The average molecular weight is 342 g/mol. The maximum atomic E-state index is 6.51. The van der Waals surface area contributed by atoms with Crippen LogP contribution in [0.25, 0.3) is 0 Å². The molecule has 25 heavy (non-hydrogen) atoms. The van der Waals surface area contributed by atoms with Crippen molar-refractivity contribution < 1.29 is 23.7 Å². The van der Waals surface area contributed by atoms with Crippen LogP contribution in [-0.2, 0) is 14.2 Å². The second-order valence-electron chi connectivity index (χ2n) is 6.27. The number of rotatable bonds is 8. The highest BCUT2D eigenvalue weighted by Crippen LogP contribution is 2.41. The average Bonchev–Trinajstić information content (AvgIpc) is 3.56. The van der Waals surface area contributed by atoms with Crippen molar-refractivity contribution in [2.45, 2.75) is 24.4 Å². The molecule has 5 nitrogen and oxygen atoms in total. The summed E-state index contributed by atoms with van der Waals surface area (Å²) in [6.07, 6.45) is -0.177. The van der Waals surface area contributed by atoms with Gasteiger partial charge in [-0.15, -0.1) is 0 Å². The van der Waals surface area contributed by atoms with Gasteiger partial charge in [0.05, 0.1) is 27.4 Å². The minimum Gasteiger partial charge on any atom is -0.497 e. The molecule has 4 rings (SSSR count). The van der Waals surface area contributed by atoms with Crippen molar-refractivity contribution in [2.24, 2.45) is 0 Å². The first-order chi connectivity index (χ1) is 12.3. The molecule has 0 radical (unpaired) electrons. The molecular formula is C20H22O5. The molecule has 2 aromatic rings. The van der Waals surface area contributed by atoms with Crippen molar-refractivity contribution in [3.05, 3.63) is 59.7 Å². The van der Waals surface area contributed by atoms with E-state index in [1.54, 1.807) is 14.2 Å². The Hall–Kier alpha value is -2.08. The standard InChI is InChI=1S/C20H22O5/c1-21-15-7-3-5-13(9-15)19(17-11-23-17)25-20(18-12-24-18)14-6-4-8-16(10-14)22-2/h3-10,17-20H,11-12H2,1-2H3. The Bertz CT molecular complexity index is 662. The van der Waals surface area contributed by atoms with Crippen molar-refractivity contribution in [1.82, 2.24) is 0 Å². The lowest BCUT2D eigenvalue weighted by molar-refractivity contribution is -0.0420. The van der Waals surface area contributed by atoms with Gasteiger partial charge in [-0.1, -0.05) is 24.3 Å². The van der Waals surface area contributed by atoms with Crippen LogP contribution in [0.3, 0.4) is 0 Å². The van der Waals surface area contributed by atoms with Crippen LogP contribution in [0.15, 0.2) is 48.5 Å². The molecule has 0 aliphatic carbocycles. The van der Waals surface area contributed by atoms with E-state index in [0.717, 1.165) is 22.6 Å². The van der Waals surface area contributed by atoms with E-state index in [9.17, 15) is 0 Å². The predicted molar refractivity (Wildman–Crippen MR) is 92.0 cm³/mol. The Morgan fingerprint density at radius 2 is 1.24 bits per heavy atom. The maximum Gasteiger partial charge on any atom is 0.119 e. The molecule has 132 valence electrons. The van der Waals surface area contributed by atoms with Crippen LogP contribution in [0.4, 0.5) is 0 Å². The number of benzene rings is 2. The lowest BCUT2D eigenvalue weighted by Gasteiger charge is -2.24. The molecule has 0 N–H and O–H groups in total. The van der Waals surface area contributed by atoms with E-state index in [2.05, 4.69) is 0 Å². The van der Waals surface area contributed by atoms with Gasteiger partial charge < -0.3 is 23.7 Å². The molecule has 2 aliphatic heterocycles. The summed E-state index contributed by atoms with van der Waals surface area (Å²) in [6, 6.07) is 15.9. The molecule has 0 saturated carbocycles. The van der Waals surface area contributed by atoms with Crippen molar-refractivity contribution in [3.8, 4) is 11.5 Å². The van der Waals surface area contributed by atoms with Gasteiger partial charge in [0.15, 0.2) is 0 Å². The van der Waals surface area contributed by atoms with Crippen LogP contribution in [0.5, 0.6) is 11.5 Å². The Morgan fingerprint density at radius 3 is 1.60 bits per heavy atom. The lowest BCUT2D eigenvalue weighted by Crippen LogP contribution is -2.19. The van der Waals surface area contributed by atoms with Crippen LogP contribution < -0.4 is 9.47 Å². The first-order valence-corrected chi connectivity index (χ1v) is 8.45. The van der Waals surface area contributed by atoms with E-state index in [1.807, 2.05) is 48.5 Å². The van der Waals surface area contributed by atoms with Gasteiger partial charge in [-0.05, 0) is 35.4 Å². The molecule has 4 unspecified atom stereocenters. The fourth-order valence-electron chi connectivity index (χ4n) is 3.02. The quantitative estimate of drug-likeness (QED) is 0.689. The lowest BCUT2D eigenvalue weighted by atomic mass is 10.0. The summed E-state index contributed by atoms with van der Waals surface area (Å²) >= 11 is 0. The van der Waals surface area contributed by atoms with Crippen LogP contribution in [0.2, 0.25) is 0 Å². The van der Waals surface area contributed by atoms with Crippen molar-refractivity contribution >= 4 is 0 Å². The predicted octanol–water partition coefficient (Wildman–Crippen LogP) is 3.30. The fraction of sp³-hybridized carbons (Fsp3) is 0.400. The van der Waals surface area contributed by atoms with Gasteiger partial charge in [-0.2, -0.15) is 0 Å². The molecule has 0 spiro atoms. The number of methoxy groups -OCH3 is 2. The number of ether oxygens (including phenoxy) is 5. The molecule has 5 heteroatoms. The third kappa shape index (κ3) is 3.79. The van der Waals surface area contributed by atoms with Crippen LogP contribution in [-0.4, -0.2) is 39.6 Å². The highest BCUT2D eigenvalue weighted by molar-refractivity contribution is 5.33. The van der Waals surface area contributed by atoms with Crippen molar-refractivity contribution in [2.75, 3.05) is 27.4 Å². The third-order valence-electron chi connectivity index (χ3n) is 4.53. The Kier molecular flexibility index (Phi) is 4.61. The Morgan fingerprint density at radius 1 is 0.800 bits per heavy atom.